The van der Waals surface area contributed by atoms with Gasteiger partial charge in [-0.15, -0.1) is 0 Å². The van der Waals surface area contributed by atoms with Crippen molar-refractivity contribution < 1.29 is 35.9 Å². The first-order chi connectivity index (χ1) is 9.04. The van der Waals surface area contributed by atoms with Crippen LogP contribution in [0.3, 0.4) is 0 Å². The predicted molar refractivity (Wildman–Crippen MR) is 57.2 cm³/mol. The third-order valence-electron chi connectivity index (χ3n) is 2.67. The van der Waals surface area contributed by atoms with Gasteiger partial charge in [0.2, 0.25) is 0 Å². The van der Waals surface area contributed by atoms with Gasteiger partial charge in [-0.25, -0.2) is 4.79 Å². The molecule has 2 nitrogen and oxygen atoms in total. The molecule has 0 aliphatic rings. The first-order valence-corrected chi connectivity index (χ1v) is 5.42. The zero-order valence-corrected chi connectivity index (χ0v) is 10.4. The fourth-order valence-electron chi connectivity index (χ4n) is 1.85. The van der Waals surface area contributed by atoms with Crippen molar-refractivity contribution in [3.8, 4) is 0 Å². The van der Waals surface area contributed by atoms with Crippen molar-refractivity contribution in [2.24, 2.45) is 0 Å². The highest BCUT2D eigenvalue weighted by atomic mass is 19.4. The number of alkyl halides is 6. The maximum Gasteiger partial charge on any atom is 0.417 e. The lowest BCUT2D eigenvalue weighted by atomic mass is 9.93. The summed E-state index contributed by atoms with van der Waals surface area (Å²) in [6.07, 6.45) is -10.2. The number of hydrogen-bond donors (Lipinski definition) is 0. The van der Waals surface area contributed by atoms with Crippen molar-refractivity contribution in [1.82, 2.24) is 0 Å². The molecule has 0 bridgehead atoms. The zero-order chi connectivity index (χ0) is 15.7. The maximum absolute atomic E-state index is 12.8. The Hall–Kier alpha value is -1.73. The number of ether oxygens (including phenoxy) is 1. The van der Waals surface area contributed by atoms with Crippen LogP contribution in [0.4, 0.5) is 26.3 Å². The van der Waals surface area contributed by atoms with E-state index in [9.17, 15) is 31.1 Å². The number of benzene rings is 1. The normalized spacial score (nSPS) is 12.4. The average molecular weight is 300 g/mol. The monoisotopic (exact) mass is 300 g/mol. The number of hydrogen-bond acceptors (Lipinski definition) is 2. The van der Waals surface area contributed by atoms with Crippen LogP contribution in [0.1, 0.15) is 34.0 Å². The van der Waals surface area contributed by atoms with E-state index >= 15 is 0 Å². The Morgan fingerprint density at radius 1 is 1.05 bits per heavy atom. The minimum atomic E-state index is -4.95. The van der Waals surface area contributed by atoms with E-state index in [1.165, 1.54) is 6.92 Å². The van der Waals surface area contributed by atoms with Gasteiger partial charge in [-0.05, 0) is 24.1 Å². The Morgan fingerprint density at radius 3 is 1.85 bits per heavy atom. The van der Waals surface area contributed by atoms with Crippen molar-refractivity contribution in [2.75, 3.05) is 7.11 Å². The summed E-state index contributed by atoms with van der Waals surface area (Å²) in [5.41, 5.74) is -4.51. The summed E-state index contributed by atoms with van der Waals surface area (Å²) in [6, 6.07) is 0.572. The van der Waals surface area contributed by atoms with E-state index in [1.807, 2.05) is 0 Å². The van der Waals surface area contributed by atoms with Crippen molar-refractivity contribution >= 4 is 5.97 Å². The lowest BCUT2D eigenvalue weighted by Crippen LogP contribution is -2.20. The number of methoxy groups -OCH3 is 1. The van der Waals surface area contributed by atoms with Gasteiger partial charge < -0.3 is 4.74 Å². The minimum absolute atomic E-state index is 0.244. The quantitative estimate of drug-likeness (QED) is 0.608. The number of rotatable bonds is 2. The molecule has 0 aliphatic heterocycles. The molecular weight excluding hydrogens is 290 g/mol. The molecule has 112 valence electrons. The topological polar surface area (TPSA) is 26.3 Å². The molecule has 1 rings (SSSR count). The Bertz CT molecular complexity index is 516. The summed E-state index contributed by atoms with van der Waals surface area (Å²) in [4.78, 5) is 11.5. The highest BCUT2D eigenvalue weighted by Crippen LogP contribution is 2.40. The van der Waals surface area contributed by atoms with Crippen LogP contribution in [0.15, 0.2) is 12.1 Å². The van der Waals surface area contributed by atoms with Gasteiger partial charge in [-0.3, -0.25) is 0 Å². The highest BCUT2D eigenvalue weighted by molar-refractivity contribution is 5.93. The average Bonchev–Trinajstić information content (AvgIpc) is 2.33. The third kappa shape index (κ3) is 3.05. The van der Waals surface area contributed by atoms with E-state index in [0.717, 1.165) is 7.11 Å². The Kier molecular flexibility index (Phi) is 4.36. The van der Waals surface area contributed by atoms with E-state index in [-0.39, 0.29) is 12.5 Å². The molecule has 0 saturated carbocycles. The summed E-state index contributed by atoms with van der Waals surface area (Å²) in [5.74, 6) is -1.44. The van der Waals surface area contributed by atoms with Gasteiger partial charge in [0.25, 0.3) is 0 Å². The summed E-state index contributed by atoms with van der Waals surface area (Å²) in [6.45, 7) is 1.23. The summed E-state index contributed by atoms with van der Waals surface area (Å²) < 4.78 is 80.9. The van der Waals surface area contributed by atoms with E-state index in [1.54, 1.807) is 0 Å². The Balaban J connectivity index is 3.74. The van der Waals surface area contributed by atoms with Gasteiger partial charge in [0.1, 0.15) is 0 Å². The van der Waals surface area contributed by atoms with Crippen LogP contribution in [-0.4, -0.2) is 13.1 Å². The van der Waals surface area contributed by atoms with E-state index in [2.05, 4.69) is 4.74 Å². The van der Waals surface area contributed by atoms with Crippen LogP contribution in [0.5, 0.6) is 0 Å². The van der Waals surface area contributed by atoms with Gasteiger partial charge >= 0.3 is 18.3 Å². The fourth-order valence-corrected chi connectivity index (χ4v) is 1.85. The summed E-state index contributed by atoms with van der Waals surface area (Å²) in [5, 5.41) is 0. The molecule has 0 heterocycles. The van der Waals surface area contributed by atoms with Crippen molar-refractivity contribution in [3.05, 3.63) is 34.4 Å². The largest absolute Gasteiger partial charge is 0.465 e. The molecule has 0 spiro atoms. The SMILES string of the molecule is CCc1c(C(F)(F)F)ccc(C(F)(F)F)c1C(=O)OC. The number of carbonyl (C=O) groups excluding carboxylic acids is 1. The van der Waals surface area contributed by atoms with E-state index < -0.39 is 40.6 Å². The van der Waals surface area contributed by atoms with Gasteiger partial charge in [0.05, 0.1) is 23.8 Å². The summed E-state index contributed by atoms with van der Waals surface area (Å²) in [7, 11) is 0.808. The van der Waals surface area contributed by atoms with Crippen LogP contribution < -0.4 is 0 Å². The Morgan fingerprint density at radius 2 is 1.50 bits per heavy atom. The molecule has 0 amide bonds. The zero-order valence-electron chi connectivity index (χ0n) is 10.4. The molecule has 0 aliphatic carbocycles. The molecule has 1 aromatic rings. The molecule has 0 unspecified atom stereocenters. The molecule has 0 radical (unpaired) electrons. The van der Waals surface area contributed by atoms with Crippen LogP contribution in [0.2, 0.25) is 0 Å². The van der Waals surface area contributed by atoms with Gasteiger partial charge in [0, 0.05) is 0 Å². The lowest BCUT2D eigenvalue weighted by molar-refractivity contribution is -0.142. The van der Waals surface area contributed by atoms with Crippen LogP contribution in [-0.2, 0) is 23.5 Å². The molecule has 20 heavy (non-hydrogen) atoms. The molecule has 0 atom stereocenters. The van der Waals surface area contributed by atoms with Crippen LogP contribution >= 0.6 is 0 Å². The van der Waals surface area contributed by atoms with Crippen molar-refractivity contribution in [2.45, 2.75) is 25.7 Å². The molecule has 8 heteroatoms. The second kappa shape index (κ2) is 5.34. The molecule has 1 aromatic carbocycles. The van der Waals surface area contributed by atoms with Crippen molar-refractivity contribution in [3.63, 3.8) is 0 Å². The molecule has 0 N–H and O–H groups in total. The number of esters is 1. The smallest absolute Gasteiger partial charge is 0.417 e. The molecule has 0 aromatic heterocycles. The second-order valence-electron chi connectivity index (χ2n) is 3.85. The fraction of sp³-hybridized carbons (Fsp3) is 0.417. The number of halogens is 6. The minimum Gasteiger partial charge on any atom is -0.465 e. The van der Waals surface area contributed by atoms with Gasteiger partial charge in [-0.2, -0.15) is 26.3 Å². The third-order valence-corrected chi connectivity index (χ3v) is 2.67. The van der Waals surface area contributed by atoms with E-state index in [0.29, 0.717) is 6.07 Å². The molecule has 0 fully saturated rings. The van der Waals surface area contributed by atoms with Crippen LogP contribution in [0.25, 0.3) is 0 Å². The standard InChI is InChI=1S/C12H10F6O2/c1-3-6-7(11(13,14)15)4-5-8(12(16,17)18)9(6)10(19)20-2/h4-5H,3H2,1-2H3. The van der Waals surface area contributed by atoms with Crippen molar-refractivity contribution in [1.29, 1.82) is 0 Å². The molecular formula is C12H10F6O2. The number of carbonyl (C=O) groups is 1. The summed E-state index contributed by atoms with van der Waals surface area (Å²) >= 11 is 0. The van der Waals surface area contributed by atoms with E-state index in [4.69, 9.17) is 0 Å². The highest BCUT2D eigenvalue weighted by Gasteiger charge is 2.41. The molecule has 0 saturated heterocycles. The van der Waals surface area contributed by atoms with Gasteiger partial charge in [0.15, 0.2) is 0 Å². The first kappa shape index (κ1) is 16.3. The lowest BCUT2D eigenvalue weighted by Gasteiger charge is -2.19. The second-order valence-corrected chi connectivity index (χ2v) is 3.85. The maximum atomic E-state index is 12.8. The van der Waals surface area contributed by atoms with Gasteiger partial charge in [-0.1, -0.05) is 6.92 Å². The predicted octanol–water partition coefficient (Wildman–Crippen LogP) is 4.07. The first-order valence-electron chi connectivity index (χ1n) is 5.42. The van der Waals surface area contributed by atoms with Crippen LogP contribution in [0, 0.1) is 0 Å². The Labute approximate surface area is 110 Å².